The van der Waals surface area contributed by atoms with Gasteiger partial charge in [0.15, 0.2) is 5.72 Å². The van der Waals surface area contributed by atoms with E-state index < -0.39 is 11.3 Å². The van der Waals surface area contributed by atoms with Crippen LogP contribution in [0.1, 0.15) is 49.3 Å². The Morgan fingerprint density at radius 1 is 1.14 bits per heavy atom. The summed E-state index contributed by atoms with van der Waals surface area (Å²) in [6.07, 6.45) is 1.21. The highest BCUT2D eigenvalue weighted by Gasteiger charge is 2.50. The summed E-state index contributed by atoms with van der Waals surface area (Å²) in [5, 5.41) is 16.2. The second kappa shape index (κ2) is 6.33. The summed E-state index contributed by atoms with van der Waals surface area (Å²) >= 11 is 0. The maximum absolute atomic E-state index is 12.4. The molecule has 0 unspecified atom stereocenters. The van der Waals surface area contributed by atoms with Crippen LogP contribution in [0.2, 0.25) is 0 Å². The second-order valence-corrected chi connectivity index (χ2v) is 8.39. The SMILES string of the molecule is COc1ccc([C@H]2C[C@@]3(CC(C)(C)NC(=O)N3)Oc3c2ccc(O)c3C)cc1. The predicted octanol–water partition coefficient (Wildman–Crippen LogP) is 3.80. The molecule has 3 N–H and O–H groups in total. The normalized spacial score (nSPS) is 25.3. The van der Waals surface area contributed by atoms with Gasteiger partial charge >= 0.3 is 6.03 Å². The van der Waals surface area contributed by atoms with Crippen LogP contribution in [0, 0.1) is 6.92 Å². The first-order valence-electron chi connectivity index (χ1n) is 9.48. The Labute approximate surface area is 164 Å². The van der Waals surface area contributed by atoms with Gasteiger partial charge in [-0.3, -0.25) is 0 Å². The number of methoxy groups -OCH3 is 1. The van der Waals surface area contributed by atoms with Gasteiger partial charge in [-0.2, -0.15) is 0 Å². The number of benzene rings is 2. The van der Waals surface area contributed by atoms with E-state index >= 15 is 0 Å². The summed E-state index contributed by atoms with van der Waals surface area (Å²) in [7, 11) is 1.65. The van der Waals surface area contributed by atoms with E-state index in [2.05, 4.69) is 10.6 Å². The Bertz CT molecular complexity index is 923. The van der Waals surface area contributed by atoms with E-state index in [4.69, 9.17) is 9.47 Å². The monoisotopic (exact) mass is 382 g/mol. The van der Waals surface area contributed by atoms with Gasteiger partial charge in [-0.15, -0.1) is 0 Å². The van der Waals surface area contributed by atoms with Crippen molar-refractivity contribution >= 4 is 6.03 Å². The number of phenols is 1. The van der Waals surface area contributed by atoms with Crippen molar-refractivity contribution in [3.63, 3.8) is 0 Å². The molecule has 0 aliphatic carbocycles. The van der Waals surface area contributed by atoms with Gasteiger partial charge in [0.2, 0.25) is 0 Å². The fourth-order valence-corrected chi connectivity index (χ4v) is 4.46. The van der Waals surface area contributed by atoms with Gasteiger partial charge in [0.05, 0.1) is 7.11 Å². The zero-order chi connectivity index (χ0) is 20.1. The zero-order valence-corrected chi connectivity index (χ0v) is 16.6. The number of rotatable bonds is 2. The lowest BCUT2D eigenvalue weighted by atomic mass is 9.76. The lowest BCUT2D eigenvalue weighted by molar-refractivity contribution is -0.0241. The summed E-state index contributed by atoms with van der Waals surface area (Å²) < 4.78 is 11.7. The average molecular weight is 382 g/mol. The molecule has 2 amide bonds. The molecule has 0 bridgehead atoms. The van der Waals surface area contributed by atoms with Crippen molar-refractivity contribution in [1.29, 1.82) is 0 Å². The van der Waals surface area contributed by atoms with Crippen LogP contribution in [0.25, 0.3) is 0 Å². The first-order chi connectivity index (χ1) is 13.2. The number of carbonyl (C=O) groups excluding carboxylic acids is 1. The van der Waals surface area contributed by atoms with Crippen LogP contribution >= 0.6 is 0 Å². The topological polar surface area (TPSA) is 79.8 Å². The molecule has 1 spiro atoms. The maximum Gasteiger partial charge on any atom is 0.318 e. The molecular weight excluding hydrogens is 356 g/mol. The lowest BCUT2D eigenvalue weighted by Crippen LogP contribution is -2.69. The highest BCUT2D eigenvalue weighted by molar-refractivity contribution is 5.77. The third-order valence-corrected chi connectivity index (χ3v) is 5.65. The Balaban J connectivity index is 1.83. The van der Waals surface area contributed by atoms with Gasteiger partial charge in [0.1, 0.15) is 17.2 Å². The molecule has 2 atom stereocenters. The minimum atomic E-state index is -0.845. The molecule has 148 valence electrons. The van der Waals surface area contributed by atoms with E-state index in [1.165, 1.54) is 0 Å². The Kier molecular flexibility index (Phi) is 4.17. The van der Waals surface area contributed by atoms with Gasteiger partial charge in [-0.25, -0.2) is 4.79 Å². The molecule has 2 aliphatic rings. The molecule has 28 heavy (non-hydrogen) atoms. The van der Waals surface area contributed by atoms with Crippen molar-refractivity contribution in [3.05, 3.63) is 53.1 Å². The van der Waals surface area contributed by atoms with Crippen LogP contribution in [0.15, 0.2) is 36.4 Å². The predicted molar refractivity (Wildman–Crippen MR) is 106 cm³/mol. The second-order valence-electron chi connectivity index (χ2n) is 8.39. The van der Waals surface area contributed by atoms with Crippen LogP contribution in [-0.2, 0) is 0 Å². The molecule has 2 aromatic carbocycles. The first-order valence-corrected chi connectivity index (χ1v) is 9.48. The minimum Gasteiger partial charge on any atom is -0.508 e. The van der Waals surface area contributed by atoms with E-state index in [1.54, 1.807) is 13.2 Å². The molecule has 2 aliphatic heterocycles. The number of aromatic hydroxyl groups is 1. The van der Waals surface area contributed by atoms with Gasteiger partial charge in [0.25, 0.3) is 0 Å². The van der Waals surface area contributed by atoms with Gasteiger partial charge in [-0.05, 0) is 44.5 Å². The molecule has 2 heterocycles. The molecule has 6 heteroatoms. The van der Waals surface area contributed by atoms with Gasteiger partial charge in [0, 0.05) is 35.4 Å². The standard InChI is InChI=1S/C22H26N2O4/c1-13-18(25)10-9-16-17(14-5-7-15(27-4)8-6-14)11-22(28-19(13)16)12-21(2,3)23-20(26)24-22/h5-10,17,25H,11-12H2,1-4H3,(H2,23,24,26)/t17-,22+/m1/s1. The van der Waals surface area contributed by atoms with Crippen molar-refractivity contribution in [2.45, 2.75) is 50.8 Å². The van der Waals surface area contributed by atoms with Crippen LogP contribution < -0.4 is 20.1 Å². The molecule has 0 radical (unpaired) electrons. The molecular formula is C22H26N2O4. The molecule has 2 aromatic rings. The van der Waals surface area contributed by atoms with Gasteiger partial charge < -0.3 is 25.2 Å². The van der Waals surface area contributed by atoms with Crippen molar-refractivity contribution in [3.8, 4) is 17.2 Å². The lowest BCUT2D eigenvalue weighted by Gasteiger charge is -2.49. The number of fused-ring (bicyclic) bond motifs is 1. The Morgan fingerprint density at radius 3 is 2.50 bits per heavy atom. The van der Waals surface area contributed by atoms with E-state index in [9.17, 15) is 9.90 Å². The maximum atomic E-state index is 12.4. The summed E-state index contributed by atoms with van der Waals surface area (Å²) in [5.41, 5.74) is 1.55. The van der Waals surface area contributed by atoms with Crippen molar-refractivity contribution < 1.29 is 19.4 Å². The third kappa shape index (κ3) is 3.13. The fourth-order valence-electron chi connectivity index (χ4n) is 4.46. The van der Waals surface area contributed by atoms with E-state index in [0.717, 1.165) is 16.9 Å². The Hall–Kier alpha value is -2.89. The highest BCUT2D eigenvalue weighted by Crippen LogP contribution is 2.49. The van der Waals surface area contributed by atoms with Crippen molar-refractivity contribution in [2.24, 2.45) is 0 Å². The van der Waals surface area contributed by atoms with Crippen LogP contribution in [0.3, 0.4) is 0 Å². The number of hydrogen-bond donors (Lipinski definition) is 3. The fraction of sp³-hybridized carbons (Fsp3) is 0.409. The Morgan fingerprint density at radius 2 is 1.86 bits per heavy atom. The first kappa shape index (κ1) is 18.5. The summed E-state index contributed by atoms with van der Waals surface area (Å²) in [6.45, 7) is 5.82. The molecule has 0 aromatic heterocycles. The van der Waals surface area contributed by atoms with E-state index in [-0.39, 0.29) is 17.7 Å². The molecule has 4 rings (SSSR count). The number of ether oxygens (including phenoxy) is 2. The van der Waals surface area contributed by atoms with E-state index in [0.29, 0.717) is 24.2 Å². The number of phenolic OH excluding ortho intramolecular Hbond substituents is 1. The summed E-state index contributed by atoms with van der Waals surface area (Å²) in [6, 6.07) is 11.3. The zero-order valence-electron chi connectivity index (χ0n) is 16.6. The smallest absolute Gasteiger partial charge is 0.318 e. The molecule has 1 saturated heterocycles. The van der Waals surface area contributed by atoms with Crippen LogP contribution in [0.4, 0.5) is 4.79 Å². The average Bonchev–Trinajstić information content (AvgIpc) is 2.63. The van der Waals surface area contributed by atoms with E-state index in [1.807, 2.05) is 51.1 Å². The number of amides is 2. The van der Waals surface area contributed by atoms with Gasteiger partial charge in [-0.1, -0.05) is 18.2 Å². The number of hydrogen-bond acceptors (Lipinski definition) is 4. The third-order valence-electron chi connectivity index (χ3n) is 5.65. The number of carbonyl (C=O) groups is 1. The number of urea groups is 1. The molecule has 0 saturated carbocycles. The number of nitrogens with one attached hydrogen (secondary N) is 2. The molecule has 1 fully saturated rings. The van der Waals surface area contributed by atoms with Crippen LogP contribution in [0.5, 0.6) is 17.2 Å². The highest BCUT2D eigenvalue weighted by atomic mass is 16.5. The summed E-state index contributed by atoms with van der Waals surface area (Å²) in [5.74, 6) is 1.64. The molecule has 6 nitrogen and oxygen atoms in total. The van der Waals surface area contributed by atoms with Crippen molar-refractivity contribution in [1.82, 2.24) is 10.6 Å². The largest absolute Gasteiger partial charge is 0.508 e. The minimum absolute atomic E-state index is 0.0168. The quantitative estimate of drug-likeness (QED) is 0.738. The van der Waals surface area contributed by atoms with Crippen molar-refractivity contribution in [2.75, 3.05) is 7.11 Å². The summed E-state index contributed by atoms with van der Waals surface area (Å²) in [4.78, 5) is 12.4. The van der Waals surface area contributed by atoms with Crippen LogP contribution in [-0.4, -0.2) is 29.5 Å².